The number of rotatable bonds is 9. The minimum atomic E-state index is 0.0913. The fourth-order valence-corrected chi connectivity index (χ4v) is 4.63. The molecule has 148 valence electrons. The molecule has 1 amide bonds. The van der Waals surface area contributed by atoms with E-state index in [2.05, 4.69) is 14.1 Å². The molecule has 0 saturated carbocycles. The number of amides is 1. The number of aromatic nitrogens is 1. The van der Waals surface area contributed by atoms with E-state index in [9.17, 15) is 4.79 Å². The van der Waals surface area contributed by atoms with E-state index in [1.54, 1.807) is 30.2 Å². The summed E-state index contributed by atoms with van der Waals surface area (Å²) in [6, 6.07) is 15.8. The summed E-state index contributed by atoms with van der Waals surface area (Å²) in [7, 11) is 5.91. The van der Waals surface area contributed by atoms with Crippen LogP contribution in [0.4, 0.5) is 5.13 Å². The van der Waals surface area contributed by atoms with E-state index in [-0.39, 0.29) is 5.91 Å². The summed E-state index contributed by atoms with van der Waals surface area (Å²) < 4.78 is 6.34. The standard InChI is InChI=1S/C21H25N3O2S2/c1-23(2)12-7-13-24(20(25)15-27-17-8-5-4-6-9-17)21-22-18-11-10-16(26-3)14-19(18)28-21/h4-6,8-11,14H,7,12-13,15H2,1-3H3/p+1. The highest BCUT2D eigenvalue weighted by Crippen LogP contribution is 2.32. The smallest absolute Gasteiger partial charge is 0.239 e. The maximum Gasteiger partial charge on any atom is 0.239 e. The van der Waals surface area contributed by atoms with Gasteiger partial charge < -0.3 is 9.64 Å². The summed E-state index contributed by atoms with van der Waals surface area (Å²) in [5.41, 5.74) is 0.896. The van der Waals surface area contributed by atoms with Crippen LogP contribution in [0.1, 0.15) is 6.42 Å². The normalized spacial score (nSPS) is 11.1. The number of carbonyl (C=O) groups is 1. The van der Waals surface area contributed by atoms with Crippen LogP contribution in [0.25, 0.3) is 10.2 Å². The highest BCUT2D eigenvalue weighted by atomic mass is 32.2. The van der Waals surface area contributed by atoms with Crippen molar-refractivity contribution in [2.24, 2.45) is 0 Å². The Bertz CT molecular complexity index is 912. The van der Waals surface area contributed by atoms with Crippen LogP contribution in [-0.2, 0) is 4.79 Å². The van der Waals surface area contributed by atoms with Gasteiger partial charge in [0.1, 0.15) is 5.75 Å². The number of hydrogen-bond acceptors (Lipinski definition) is 5. The second kappa shape index (κ2) is 9.91. The molecule has 0 aliphatic carbocycles. The van der Waals surface area contributed by atoms with Crippen molar-refractivity contribution in [3.05, 3.63) is 48.5 Å². The molecule has 0 aliphatic heterocycles. The number of carbonyl (C=O) groups excluding carboxylic acids is 1. The van der Waals surface area contributed by atoms with Gasteiger partial charge in [-0.15, -0.1) is 11.8 Å². The highest BCUT2D eigenvalue weighted by molar-refractivity contribution is 8.00. The Labute approximate surface area is 174 Å². The molecule has 0 spiro atoms. The average Bonchev–Trinajstić information content (AvgIpc) is 3.12. The van der Waals surface area contributed by atoms with E-state index < -0.39 is 0 Å². The number of ether oxygens (including phenoxy) is 1. The number of hydrogen-bond donors (Lipinski definition) is 1. The van der Waals surface area contributed by atoms with Gasteiger partial charge in [0.2, 0.25) is 5.91 Å². The Balaban J connectivity index is 1.78. The Morgan fingerprint density at radius 2 is 2.00 bits per heavy atom. The third-order valence-corrected chi connectivity index (χ3v) is 6.32. The Morgan fingerprint density at radius 1 is 1.21 bits per heavy atom. The average molecular weight is 417 g/mol. The van der Waals surface area contributed by atoms with Crippen LogP contribution < -0.4 is 14.5 Å². The van der Waals surface area contributed by atoms with Gasteiger partial charge in [-0.25, -0.2) is 4.98 Å². The summed E-state index contributed by atoms with van der Waals surface area (Å²) in [6.07, 6.45) is 0.934. The fourth-order valence-electron chi connectivity index (χ4n) is 2.79. The zero-order chi connectivity index (χ0) is 19.9. The van der Waals surface area contributed by atoms with Crippen molar-refractivity contribution in [2.45, 2.75) is 11.3 Å². The Kier molecular flexibility index (Phi) is 7.30. The molecule has 1 N–H and O–H groups in total. The third kappa shape index (κ3) is 5.47. The second-order valence-corrected chi connectivity index (χ2v) is 8.85. The highest BCUT2D eigenvalue weighted by Gasteiger charge is 2.20. The molecule has 5 nitrogen and oxygen atoms in total. The fraction of sp³-hybridized carbons (Fsp3) is 0.333. The molecule has 0 bridgehead atoms. The van der Waals surface area contributed by atoms with Crippen molar-refractivity contribution in [3.63, 3.8) is 0 Å². The predicted molar refractivity (Wildman–Crippen MR) is 118 cm³/mol. The minimum Gasteiger partial charge on any atom is -0.497 e. The molecule has 1 aromatic heterocycles. The van der Waals surface area contributed by atoms with Crippen molar-refractivity contribution in [2.75, 3.05) is 44.9 Å². The first kappa shape index (κ1) is 20.6. The van der Waals surface area contributed by atoms with Gasteiger partial charge in [-0.2, -0.15) is 0 Å². The van der Waals surface area contributed by atoms with Gasteiger partial charge >= 0.3 is 0 Å². The molecular weight excluding hydrogens is 390 g/mol. The van der Waals surface area contributed by atoms with Gasteiger partial charge in [0, 0.05) is 17.9 Å². The molecule has 0 aliphatic rings. The minimum absolute atomic E-state index is 0.0913. The maximum absolute atomic E-state index is 13.0. The zero-order valence-electron chi connectivity index (χ0n) is 16.5. The van der Waals surface area contributed by atoms with Crippen LogP contribution in [-0.4, -0.2) is 50.9 Å². The Hall–Kier alpha value is -2.09. The van der Waals surface area contributed by atoms with Gasteiger partial charge in [-0.1, -0.05) is 29.5 Å². The molecule has 28 heavy (non-hydrogen) atoms. The maximum atomic E-state index is 13.0. The van der Waals surface area contributed by atoms with E-state index in [0.29, 0.717) is 12.3 Å². The van der Waals surface area contributed by atoms with Crippen molar-refractivity contribution in [1.82, 2.24) is 4.98 Å². The topological polar surface area (TPSA) is 46.9 Å². The van der Waals surface area contributed by atoms with Crippen LogP contribution >= 0.6 is 23.1 Å². The molecule has 0 atom stereocenters. The quantitative estimate of drug-likeness (QED) is 0.545. The number of methoxy groups -OCH3 is 1. The monoisotopic (exact) mass is 416 g/mol. The number of fused-ring (bicyclic) bond motifs is 1. The molecule has 3 rings (SSSR count). The van der Waals surface area contributed by atoms with Crippen LogP contribution in [0.3, 0.4) is 0 Å². The molecule has 3 aromatic rings. The van der Waals surface area contributed by atoms with E-state index in [1.165, 1.54) is 4.90 Å². The number of quaternary nitrogens is 1. The predicted octanol–water partition coefficient (Wildman–Crippen LogP) is 2.96. The molecule has 0 fully saturated rings. The molecule has 7 heteroatoms. The van der Waals surface area contributed by atoms with Gasteiger partial charge in [0.25, 0.3) is 0 Å². The van der Waals surface area contributed by atoms with Gasteiger partial charge in [-0.05, 0) is 30.3 Å². The van der Waals surface area contributed by atoms with Gasteiger partial charge in [0.05, 0.1) is 43.7 Å². The summed E-state index contributed by atoms with van der Waals surface area (Å²) in [5.74, 6) is 1.29. The SMILES string of the molecule is COc1ccc2nc(N(CCC[NH+](C)C)C(=O)CSc3ccccc3)sc2c1. The number of benzene rings is 2. The van der Waals surface area contributed by atoms with Gasteiger partial charge in [-0.3, -0.25) is 9.69 Å². The molecule has 0 radical (unpaired) electrons. The Morgan fingerprint density at radius 3 is 2.71 bits per heavy atom. The lowest BCUT2D eigenvalue weighted by Gasteiger charge is -2.20. The van der Waals surface area contributed by atoms with Crippen LogP contribution in [0.2, 0.25) is 0 Å². The van der Waals surface area contributed by atoms with Crippen molar-refractivity contribution < 1.29 is 14.4 Å². The summed E-state index contributed by atoms with van der Waals surface area (Å²) in [4.78, 5) is 22.1. The van der Waals surface area contributed by atoms with Gasteiger partial charge in [0.15, 0.2) is 5.13 Å². The summed E-state index contributed by atoms with van der Waals surface area (Å²) in [6.45, 7) is 1.69. The lowest BCUT2D eigenvalue weighted by molar-refractivity contribution is -0.858. The van der Waals surface area contributed by atoms with Crippen molar-refractivity contribution in [3.8, 4) is 5.75 Å². The number of nitrogens with zero attached hydrogens (tertiary/aromatic N) is 2. The van der Waals surface area contributed by atoms with Crippen LogP contribution in [0, 0.1) is 0 Å². The van der Waals surface area contributed by atoms with E-state index >= 15 is 0 Å². The van der Waals surface area contributed by atoms with Crippen molar-refractivity contribution in [1.29, 1.82) is 0 Å². The molecule has 0 saturated heterocycles. The summed E-state index contributed by atoms with van der Waals surface area (Å²) >= 11 is 3.11. The van der Waals surface area contributed by atoms with Crippen molar-refractivity contribution >= 4 is 44.4 Å². The molecule has 2 aromatic carbocycles. The second-order valence-electron chi connectivity index (χ2n) is 6.79. The lowest BCUT2D eigenvalue weighted by atomic mass is 10.3. The number of thioether (sulfide) groups is 1. The number of thiazole rings is 1. The number of nitrogens with one attached hydrogen (secondary N) is 1. The van der Waals surface area contributed by atoms with E-state index in [4.69, 9.17) is 9.72 Å². The first-order chi connectivity index (χ1) is 13.6. The number of anilines is 1. The molecule has 0 unspecified atom stereocenters. The zero-order valence-corrected chi connectivity index (χ0v) is 18.1. The van der Waals surface area contributed by atoms with E-state index in [1.807, 2.05) is 53.4 Å². The summed E-state index contributed by atoms with van der Waals surface area (Å²) in [5, 5.41) is 0.760. The largest absolute Gasteiger partial charge is 0.497 e. The molecular formula is C21H26N3O2S2+. The first-order valence-electron chi connectivity index (χ1n) is 9.28. The first-order valence-corrected chi connectivity index (χ1v) is 11.1. The van der Waals surface area contributed by atoms with Crippen LogP contribution in [0.5, 0.6) is 5.75 Å². The van der Waals surface area contributed by atoms with E-state index in [0.717, 1.165) is 39.0 Å². The molecule has 1 heterocycles. The van der Waals surface area contributed by atoms with Crippen LogP contribution in [0.15, 0.2) is 53.4 Å². The lowest BCUT2D eigenvalue weighted by Crippen LogP contribution is -3.05. The third-order valence-electron chi connectivity index (χ3n) is 4.28.